The zero-order valence-electron chi connectivity index (χ0n) is 14.0. The van der Waals surface area contributed by atoms with Crippen molar-refractivity contribution < 1.29 is 0 Å². The molecule has 0 spiro atoms. The molecule has 1 saturated heterocycles. The number of halogens is 2. The van der Waals surface area contributed by atoms with Crippen LogP contribution in [0, 0.1) is 5.41 Å². The highest BCUT2D eigenvalue weighted by molar-refractivity contribution is 6.43. The average molecular weight is 365 g/mol. The van der Waals surface area contributed by atoms with Gasteiger partial charge in [-0.1, -0.05) is 55.6 Å². The van der Waals surface area contributed by atoms with Gasteiger partial charge in [-0.05, 0) is 24.3 Å². The fourth-order valence-electron chi connectivity index (χ4n) is 3.47. The predicted molar refractivity (Wildman–Crippen MR) is 102 cm³/mol. The lowest BCUT2D eigenvalue weighted by atomic mass is 9.85. The van der Waals surface area contributed by atoms with Crippen LogP contribution in [0.2, 0.25) is 10.0 Å². The lowest BCUT2D eigenvalue weighted by Gasteiger charge is -2.24. The normalized spacial score (nSPS) is 20.6. The standard InChI is InChI=1S/C18H22Cl2N4/c1-3-7-18(2)8-9-24(11-18)14-10-22-16(17(21)23-14)12-5-4-6-13(19)15(12)20/h4-6,10H,3,7-9,11H2,1-2H3,(H2,21,23). The van der Waals surface area contributed by atoms with Crippen molar-refractivity contribution in [1.82, 2.24) is 9.97 Å². The number of hydrogen-bond donors (Lipinski definition) is 1. The van der Waals surface area contributed by atoms with Gasteiger partial charge in [-0.3, -0.25) is 0 Å². The maximum Gasteiger partial charge on any atom is 0.152 e. The van der Waals surface area contributed by atoms with Crippen molar-refractivity contribution in [1.29, 1.82) is 0 Å². The van der Waals surface area contributed by atoms with E-state index in [1.54, 1.807) is 12.3 Å². The quantitative estimate of drug-likeness (QED) is 0.824. The maximum absolute atomic E-state index is 6.27. The molecule has 24 heavy (non-hydrogen) atoms. The summed E-state index contributed by atoms with van der Waals surface area (Å²) in [7, 11) is 0. The molecule has 4 nitrogen and oxygen atoms in total. The molecule has 3 rings (SSSR count). The highest BCUT2D eigenvalue weighted by atomic mass is 35.5. The number of rotatable bonds is 4. The van der Waals surface area contributed by atoms with Crippen LogP contribution in [-0.2, 0) is 0 Å². The molecule has 1 aromatic heterocycles. The van der Waals surface area contributed by atoms with Gasteiger partial charge in [0.25, 0.3) is 0 Å². The molecule has 1 fully saturated rings. The molecule has 2 aromatic rings. The van der Waals surface area contributed by atoms with Gasteiger partial charge in [0.15, 0.2) is 5.82 Å². The fraction of sp³-hybridized carbons (Fsp3) is 0.444. The second kappa shape index (κ2) is 6.77. The van der Waals surface area contributed by atoms with Crippen molar-refractivity contribution in [2.45, 2.75) is 33.1 Å². The summed E-state index contributed by atoms with van der Waals surface area (Å²) in [5, 5.41) is 0.930. The molecule has 1 unspecified atom stereocenters. The van der Waals surface area contributed by atoms with Crippen LogP contribution in [-0.4, -0.2) is 23.1 Å². The zero-order valence-corrected chi connectivity index (χ0v) is 15.5. The second-order valence-corrected chi connectivity index (χ2v) is 7.58. The zero-order chi connectivity index (χ0) is 17.3. The van der Waals surface area contributed by atoms with E-state index < -0.39 is 0 Å². The summed E-state index contributed by atoms with van der Waals surface area (Å²) >= 11 is 12.4. The Morgan fingerprint density at radius 1 is 1.33 bits per heavy atom. The summed E-state index contributed by atoms with van der Waals surface area (Å²) in [6, 6.07) is 5.42. The largest absolute Gasteiger partial charge is 0.382 e. The molecule has 0 bridgehead atoms. The average Bonchev–Trinajstić information content (AvgIpc) is 2.93. The van der Waals surface area contributed by atoms with E-state index in [0.717, 1.165) is 18.9 Å². The third-order valence-corrected chi connectivity index (χ3v) is 5.55. The molecule has 2 N–H and O–H groups in total. The highest BCUT2D eigenvalue weighted by Gasteiger charge is 2.33. The Bertz CT molecular complexity index is 750. The lowest BCUT2D eigenvalue weighted by molar-refractivity contribution is 0.334. The smallest absolute Gasteiger partial charge is 0.152 e. The third kappa shape index (κ3) is 3.31. The van der Waals surface area contributed by atoms with Crippen LogP contribution in [0.3, 0.4) is 0 Å². The van der Waals surface area contributed by atoms with E-state index in [0.29, 0.717) is 32.5 Å². The van der Waals surface area contributed by atoms with Crippen LogP contribution < -0.4 is 10.6 Å². The number of anilines is 2. The Morgan fingerprint density at radius 3 is 2.83 bits per heavy atom. The van der Waals surface area contributed by atoms with Crippen LogP contribution in [0.5, 0.6) is 0 Å². The Morgan fingerprint density at radius 2 is 2.12 bits per heavy atom. The highest BCUT2D eigenvalue weighted by Crippen LogP contribution is 2.38. The van der Waals surface area contributed by atoms with Gasteiger partial charge in [0, 0.05) is 18.7 Å². The van der Waals surface area contributed by atoms with Crippen molar-refractivity contribution in [2.24, 2.45) is 5.41 Å². The molecule has 1 aliphatic heterocycles. The second-order valence-electron chi connectivity index (χ2n) is 6.80. The van der Waals surface area contributed by atoms with Gasteiger partial charge in [0.1, 0.15) is 11.5 Å². The van der Waals surface area contributed by atoms with Crippen molar-refractivity contribution in [3.8, 4) is 11.3 Å². The van der Waals surface area contributed by atoms with Crippen LogP contribution in [0.1, 0.15) is 33.1 Å². The molecule has 1 aromatic carbocycles. The number of nitrogens with zero attached hydrogens (tertiary/aromatic N) is 3. The molecule has 0 saturated carbocycles. The first kappa shape index (κ1) is 17.3. The molecular formula is C18H22Cl2N4. The minimum Gasteiger partial charge on any atom is -0.382 e. The van der Waals surface area contributed by atoms with Gasteiger partial charge in [0.05, 0.1) is 16.2 Å². The number of hydrogen-bond acceptors (Lipinski definition) is 4. The van der Waals surface area contributed by atoms with E-state index in [1.165, 1.54) is 19.3 Å². The summed E-state index contributed by atoms with van der Waals surface area (Å²) in [6.45, 7) is 6.55. The number of nitrogens with two attached hydrogens (primary N) is 1. The van der Waals surface area contributed by atoms with E-state index in [1.807, 2.05) is 12.1 Å². The SMILES string of the molecule is CCCC1(C)CCN(c2cnc(-c3cccc(Cl)c3Cl)c(N)n2)C1. The van der Waals surface area contributed by atoms with Gasteiger partial charge in [-0.2, -0.15) is 0 Å². The van der Waals surface area contributed by atoms with Crippen LogP contribution in [0.4, 0.5) is 11.6 Å². The summed E-state index contributed by atoms with van der Waals surface area (Å²) in [5.41, 5.74) is 7.79. The van der Waals surface area contributed by atoms with Crippen molar-refractivity contribution >= 4 is 34.8 Å². The van der Waals surface area contributed by atoms with Crippen molar-refractivity contribution in [2.75, 3.05) is 23.7 Å². The van der Waals surface area contributed by atoms with E-state index in [4.69, 9.17) is 28.9 Å². The van der Waals surface area contributed by atoms with Gasteiger partial charge in [-0.25, -0.2) is 9.97 Å². The van der Waals surface area contributed by atoms with E-state index >= 15 is 0 Å². The van der Waals surface area contributed by atoms with Crippen LogP contribution in [0.15, 0.2) is 24.4 Å². The number of nitrogen functional groups attached to an aromatic ring is 1. The van der Waals surface area contributed by atoms with E-state index in [2.05, 4.69) is 28.7 Å². The Hall–Kier alpha value is -1.52. The Labute approximate surface area is 153 Å². The third-order valence-electron chi connectivity index (χ3n) is 4.73. The molecular weight excluding hydrogens is 343 g/mol. The minimum absolute atomic E-state index is 0.347. The molecule has 128 valence electrons. The first-order valence-electron chi connectivity index (χ1n) is 8.25. The minimum atomic E-state index is 0.347. The molecule has 2 heterocycles. The molecule has 0 aliphatic carbocycles. The summed E-state index contributed by atoms with van der Waals surface area (Å²) < 4.78 is 0. The number of benzene rings is 1. The Balaban J connectivity index is 1.87. The van der Waals surface area contributed by atoms with Gasteiger partial charge < -0.3 is 10.6 Å². The van der Waals surface area contributed by atoms with Gasteiger partial charge >= 0.3 is 0 Å². The van der Waals surface area contributed by atoms with Crippen LogP contribution >= 0.6 is 23.2 Å². The van der Waals surface area contributed by atoms with Crippen molar-refractivity contribution in [3.05, 3.63) is 34.4 Å². The topological polar surface area (TPSA) is 55.0 Å². The molecule has 6 heteroatoms. The lowest BCUT2D eigenvalue weighted by Crippen LogP contribution is -2.25. The van der Waals surface area contributed by atoms with Crippen LogP contribution in [0.25, 0.3) is 11.3 Å². The summed E-state index contributed by atoms with van der Waals surface area (Å²) in [6.07, 6.45) is 5.37. The first-order chi connectivity index (χ1) is 11.4. The van der Waals surface area contributed by atoms with Crippen molar-refractivity contribution in [3.63, 3.8) is 0 Å². The molecule has 1 atom stereocenters. The predicted octanol–water partition coefficient (Wildman–Crippen LogP) is 5.05. The van der Waals surface area contributed by atoms with Gasteiger partial charge in [0.2, 0.25) is 0 Å². The maximum atomic E-state index is 6.27. The molecule has 0 amide bonds. The summed E-state index contributed by atoms with van der Waals surface area (Å²) in [5.74, 6) is 1.20. The molecule has 0 radical (unpaired) electrons. The first-order valence-corrected chi connectivity index (χ1v) is 9.01. The van der Waals surface area contributed by atoms with Gasteiger partial charge in [-0.15, -0.1) is 0 Å². The fourth-order valence-corrected chi connectivity index (χ4v) is 3.86. The summed E-state index contributed by atoms with van der Waals surface area (Å²) in [4.78, 5) is 11.4. The van der Waals surface area contributed by atoms with E-state index in [9.17, 15) is 0 Å². The number of aromatic nitrogens is 2. The Kier molecular flexibility index (Phi) is 4.88. The molecule has 1 aliphatic rings. The monoisotopic (exact) mass is 364 g/mol. The van der Waals surface area contributed by atoms with E-state index in [-0.39, 0.29) is 0 Å².